The predicted octanol–water partition coefficient (Wildman–Crippen LogP) is 4.74. The van der Waals surface area contributed by atoms with Gasteiger partial charge in [0.25, 0.3) is 0 Å². The smallest absolute Gasteiger partial charge is 0.370 e. The van der Waals surface area contributed by atoms with E-state index in [0.717, 1.165) is 5.69 Å². The number of carbonyl (C=O) groups is 1. The van der Waals surface area contributed by atoms with Crippen LogP contribution >= 0.6 is 11.6 Å². The Kier molecular flexibility index (Phi) is 11.1. The standard InChI is InChI=1S/C21H34ClN3O2.C2H3F3N/c1-14(2)15(3)10-19(26)17(23)11-24-12-20(27)25(13-21(24,4)5)18-9-7-6-8-16(18)22;3-2(4,5)1-6/h6-9,14-15,17,19,26H,10-13,23H2,1-5H3;6H,1H2/q;-1/t15-,17-,19-;/m0./s1. The van der Waals surface area contributed by atoms with Gasteiger partial charge in [-0.2, -0.15) is 13.2 Å². The number of piperazine rings is 1. The molecule has 0 unspecified atom stereocenters. The van der Waals surface area contributed by atoms with Gasteiger partial charge in [0.1, 0.15) is 0 Å². The molecular weight excluding hydrogens is 457 g/mol. The average Bonchev–Trinajstić information content (AvgIpc) is 2.70. The molecule has 1 aliphatic heterocycles. The lowest BCUT2D eigenvalue weighted by Gasteiger charge is -2.47. The number of carbonyl (C=O) groups excluding carboxylic acids is 1. The van der Waals surface area contributed by atoms with Crippen LogP contribution in [0.25, 0.3) is 5.73 Å². The van der Waals surface area contributed by atoms with E-state index in [-0.39, 0.29) is 24.0 Å². The highest BCUT2D eigenvalue weighted by molar-refractivity contribution is 6.33. The van der Waals surface area contributed by atoms with Crippen LogP contribution in [-0.2, 0) is 4.79 Å². The Bertz CT molecular complexity index is 761. The number of anilines is 1. The zero-order chi connectivity index (χ0) is 25.6. The van der Waals surface area contributed by atoms with Crippen LogP contribution in [-0.4, -0.2) is 66.0 Å². The summed E-state index contributed by atoms with van der Waals surface area (Å²) in [6.07, 6.45) is -4.19. The van der Waals surface area contributed by atoms with E-state index in [1.54, 1.807) is 11.0 Å². The number of hydrogen-bond donors (Lipinski definition) is 2. The number of para-hydroxylation sites is 1. The largest absolute Gasteiger partial charge is 0.670 e. The number of halogens is 4. The molecule has 1 amide bonds. The van der Waals surface area contributed by atoms with Gasteiger partial charge in [-0.15, -0.1) is 0 Å². The Hall–Kier alpha value is -1.39. The molecule has 3 atom stereocenters. The number of nitrogens with zero attached hydrogens (tertiary/aromatic N) is 2. The van der Waals surface area contributed by atoms with Gasteiger partial charge in [0, 0.05) is 24.7 Å². The molecule has 2 rings (SSSR count). The monoisotopic (exact) mass is 493 g/mol. The number of nitrogens with two attached hydrogens (primary N) is 1. The molecule has 0 aromatic heterocycles. The summed E-state index contributed by atoms with van der Waals surface area (Å²) < 4.78 is 31.8. The average molecular weight is 494 g/mol. The topological polar surface area (TPSA) is 93.6 Å². The van der Waals surface area contributed by atoms with E-state index < -0.39 is 18.8 Å². The minimum absolute atomic E-state index is 0.000312. The van der Waals surface area contributed by atoms with Gasteiger partial charge in [0.2, 0.25) is 5.91 Å². The number of benzene rings is 1. The van der Waals surface area contributed by atoms with Crippen molar-refractivity contribution in [3.05, 3.63) is 35.0 Å². The van der Waals surface area contributed by atoms with E-state index in [0.29, 0.717) is 36.4 Å². The van der Waals surface area contributed by atoms with Gasteiger partial charge in [-0.05, 0) is 44.2 Å². The molecule has 10 heteroatoms. The normalized spacial score (nSPS) is 19.7. The Morgan fingerprint density at radius 2 is 1.79 bits per heavy atom. The van der Waals surface area contributed by atoms with Crippen molar-refractivity contribution in [3.8, 4) is 0 Å². The maximum Gasteiger partial charge on any atom is 0.370 e. The maximum atomic E-state index is 12.8. The second-order valence-corrected chi connectivity index (χ2v) is 10.0. The lowest BCUT2D eigenvalue weighted by atomic mass is 9.89. The van der Waals surface area contributed by atoms with Gasteiger partial charge in [-0.1, -0.05) is 51.0 Å². The molecule has 1 saturated heterocycles. The van der Waals surface area contributed by atoms with E-state index in [1.165, 1.54) is 0 Å². The number of alkyl halides is 3. The van der Waals surface area contributed by atoms with Gasteiger partial charge in [-0.3, -0.25) is 9.69 Å². The molecule has 1 aliphatic rings. The molecular formula is C23H37ClF3N4O2-. The summed E-state index contributed by atoms with van der Waals surface area (Å²) in [6.45, 7) is 10.4. The van der Waals surface area contributed by atoms with Crippen LogP contribution in [0.5, 0.6) is 0 Å². The predicted molar refractivity (Wildman–Crippen MR) is 127 cm³/mol. The number of nitrogens with one attached hydrogen (secondary N) is 1. The molecule has 6 nitrogen and oxygen atoms in total. The Balaban J connectivity index is 0.000000801. The third-order valence-corrected chi connectivity index (χ3v) is 6.37. The number of amides is 1. The molecule has 0 aliphatic carbocycles. The minimum Gasteiger partial charge on any atom is -0.670 e. The van der Waals surface area contributed by atoms with Crippen molar-refractivity contribution >= 4 is 23.2 Å². The third kappa shape index (κ3) is 9.41. The van der Waals surface area contributed by atoms with Crippen LogP contribution in [0, 0.1) is 11.8 Å². The first-order valence-corrected chi connectivity index (χ1v) is 11.4. The molecule has 33 heavy (non-hydrogen) atoms. The molecule has 0 spiro atoms. The summed E-state index contributed by atoms with van der Waals surface area (Å²) >= 11 is 6.29. The zero-order valence-electron chi connectivity index (χ0n) is 20.0. The lowest BCUT2D eigenvalue weighted by molar-refractivity contribution is -0.124. The van der Waals surface area contributed by atoms with Crippen molar-refractivity contribution in [2.24, 2.45) is 17.6 Å². The van der Waals surface area contributed by atoms with Crippen molar-refractivity contribution in [1.29, 1.82) is 0 Å². The first-order chi connectivity index (χ1) is 15.1. The molecule has 1 aromatic rings. The zero-order valence-corrected chi connectivity index (χ0v) is 20.7. The summed E-state index contributed by atoms with van der Waals surface area (Å²) in [5.74, 6) is 0.904. The fraction of sp³-hybridized carbons (Fsp3) is 0.696. The van der Waals surface area contributed by atoms with E-state index in [2.05, 4.69) is 39.5 Å². The van der Waals surface area contributed by atoms with Crippen molar-refractivity contribution in [3.63, 3.8) is 0 Å². The van der Waals surface area contributed by atoms with E-state index in [4.69, 9.17) is 23.1 Å². The van der Waals surface area contributed by atoms with Crippen LogP contribution in [0.2, 0.25) is 5.02 Å². The van der Waals surface area contributed by atoms with Gasteiger partial charge in [-0.25, -0.2) is 0 Å². The van der Waals surface area contributed by atoms with Crippen molar-refractivity contribution < 1.29 is 23.1 Å². The number of rotatable bonds is 7. The third-order valence-electron chi connectivity index (χ3n) is 6.05. The second-order valence-electron chi connectivity index (χ2n) is 9.60. The molecule has 4 N–H and O–H groups in total. The lowest BCUT2D eigenvalue weighted by Crippen LogP contribution is -2.64. The van der Waals surface area contributed by atoms with Crippen LogP contribution in [0.15, 0.2) is 24.3 Å². The highest BCUT2D eigenvalue weighted by Crippen LogP contribution is 2.31. The quantitative estimate of drug-likeness (QED) is 0.573. The molecule has 0 saturated carbocycles. The van der Waals surface area contributed by atoms with Crippen LogP contribution in [0.1, 0.15) is 41.0 Å². The van der Waals surface area contributed by atoms with Gasteiger partial charge < -0.3 is 21.5 Å². The first kappa shape index (κ1) is 29.6. The summed E-state index contributed by atoms with van der Waals surface area (Å²) in [4.78, 5) is 16.6. The number of aliphatic hydroxyl groups excluding tert-OH is 1. The summed E-state index contributed by atoms with van der Waals surface area (Å²) in [5, 5.41) is 11.1. The molecule has 0 radical (unpaired) electrons. The fourth-order valence-electron chi connectivity index (χ4n) is 3.44. The Morgan fingerprint density at radius 1 is 1.24 bits per heavy atom. The minimum atomic E-state index is -4.29. The van der Waals surface area contributed by atoms with E-state index in [9.17, 15) is 23.1 Å². The highest BCUT2D eigenvalue weighted by atomic mass is 35.5. The Morgan fingerprint density at radius 3 is 2.27 bits per heavy atom. The van der Waals surface area contributed by atoms with Gasteiger partial charge in [0.05, 0.1) is 23.4 Å². The molecule has 1 aromatic carbocycles. The molecule has 1 heterocycles. The van der Waals surface area contributed by atoms with Crippen LogP contribution in [0.4, 0.5) is 18.9 Å². The molecule has 1 fully saturated rings. The highest BCUT2D eigenvalue weighted by Gasteiger charge is 2.40. The van der Waals surface area contributed by atoms with E-state index >= 15 is 0 Å². The number of hydrogen-bond acceptors (Lipinski definition) is 4. The Labute approximate surface area is 200 Å². The summed E-state index contributed by atoms with van der Waals surface area (Å²) in [7, 11) is 0. The SMILES string of the molecule is CC(C)[C@@H](C)C[C@H](O)[C@@H](N)CN1CC(=O)N(c2ccccc2Cl)CC1(C)C.[NH-]CC(F)(F)F. The fourth-order valence-corrected chi connectivity index (χ4v) is 3.68. The second kappa shape index (κ2) is 12.4. The molecule has 190 valence electrons. The van der Waals surface area contributed by atoms with E-state index in [1.807, 2.05) is 18.2 Å². The van der Waals surface area contributed by atoms with Gasteiger partial charge >= 0.3 is 6.18 Å². The summed E-state index contributed by atoms with van der Waals surface area (Å²) in [5.41, 5.74) is 12.5. The van der Waals surface area contributed by atoms with Crippen molar-refractivity contribution in [2.45, 2.75) is 64.9 Å². The van der Waals surface area contributed by atoms with Crippen LogP contribution in [0.3, 0.4) is 0 Å². The van der Waals surface area contributed by atoms with Gasteiger partial charge in [0.15, 0.2) is 0 Å². The molecule has 0 bridgehead atoms. The number of aliphatic hydroxyl groups is 1. The summed E-state index contributed by atoms with van der Waals surface area (Å²) in [6, 6.07) is 7.03. The van der Waals surface area contributed by atoms with Crippen molar-refractivity contribution in [2.75, 3.05) is 31.1 Å². The first-order valence-electron chi connectivity index (χ1n) is 11.0. The van der Waals surface area contributed by atoms with Crippen LogP contribution < -0.4 is 10.6 Å². The maximum absolute atomic E-state index is 12.8. The van der Waals surface area contributed by atoms with Crippen molar-refractivity contribution in [1.82, 2.24) is 4.90 Å².